The lowest BCUT2D eigenvalue weighted by atomic mass is 10.2. The number of carboxylic acids is 2. The molecule has 1 unspecified atom stereocenters. The van der Waals surface area contributed by atoms with E-state index in [0.29, 0.717) is 13.1 Å². The Kier molecular flexibility index (Phi) is 12.7. The molecular weight excluding hydrogens is 216 g/mol. The molecule has 96 valence electrons. The van der Waals surface area contributed by atoms with E-state index in [0.717, 1.165) is 13.1 Å². The predicted molar refractivity (Wildman–Crippen MR) is 58.8 cm³/mol. The Balaban J connectivity index is 0. The van der Waals surface area contributed by atoms with Crippen LogP contribution in [0.15, 0.2) is 0 Å². The first-order valence-electron chi connectivity index (χ1n) is 4.76. The molecule has 0 saturated carbocycles. The minimum Gasteiger partial charge on any atom is -0.481 e. The minimum atomic E-state index is -1.29. The van der Waals surface area contributed by atoms with Crippen molar-refractivity contribution >= 4 is 11.9 Å². The van der Waals surface area contributed by atoms with Crippen molar-refractivity contribution in [2.75, 3.05) is 26.2 Å². The molecular formula is C8H20N4O4. The smallest absolute Gasteiger partial charge is 0.321 e. The van der Waals surface area contributed by atoms with Crippen molar-refractivity contribution in [1.29, 1.82) is 0 Å². The van der Waals surface area contributed by atoms with E-state index in [9.17, 15) is 9.59 Å². The van der Waals surface area contributed by atoms with Crippen molar-refractivity contribution < 1.29 is 19.8 Å². The maximum Gasteiger partial charge on any atom is 0.321 e. The van der Waals surface area contributed by atoms with Crippen LogP contribution in [0.2, 0.25) is 0 Å². The molecule has 0 aromatic carbocycles. The standard InChI is InChI=1S/C4H13N3.C4H7NO4/c5-1-3-7-4-2-6;5-2(4(8)9)1-3(6)7/h7H,1-6H2;2H,1,5H2,(H,6,7)(H,8,9). The minimum absolute atomic E-state index is 0.532. The predicted octanol–water partition coefficient (Wildman–Crippen LogP) is -2.63. The fourth-order valence-corrected chi connectivity index (χ4v) is 0.605. The normalized spacial score (nSPS) is 11.2. The lowest BCUT2D eigenvalue weighted by Crippen LogP contribution is -2.32. The van der Waals surface area contributed by atoms with Gasteiger partial charge in [-0.05, 0) is 0 Å². The highest BCUT2D eigenvalue weighted by Crippen LogP contribution is 1.86. The fraction of sp³-hybridized carbons (Fsp3) is 0.750. The zero-order chi connectivity index (χ0) is 13.0. The van der Waals surface area contributed by atoms with E-state index in [2.05, 4.69) is 5.32 Å². The quantitative estimate of drug-likeness (QED) is 0.261. The summed E-state index contributed by atoms with van der Waals surface area (Å²) < 4.78 is 0. The van der Waals surface area contributed by atoms with Crippen molar-refractivity contribution in [3.05, 3.63) is 0 Å². The number of carboxylic acid groups (broad SMARTS) is 2. The third-order valence-corrected chi connectivity index (χ3v) is 1.35. The van der Waals surface area contributed by atoms with Crippen molar-refractivity contribution in [2.24, 2.45) is 17.2 Å². The molecule has 0 aromatic rings. The highest BCUT2D eigenvalue weighted by atomic mass is 16.4. The third kappa shape index (κ3) is 15.3. The Morgan fingerprint density at radius 2 is 1.56 bits per heavy atom. The third-order valence-electron chi connectivity index (χ3n) is 1.35. The van der Waals surface area contributed by atoms with E-state index >= 15 is 0 Å². The monoisotopic (exact) mass is 236 g/mol. The molecule has 0 aliphatic rings. The van der Waals surface area contributed by atoms with Crippen LogP contribution in [-0.2, 0) is 9.59 Å². The molecule has 0 amide bonds. The first-order chi connectivity index (χ1) is 7.45. The van der Waals surface area contributed by atoms with Gasteiger partial charge in [0.2, 0.25) is 0 Å². The number of rotatable bonds is 7. The Bertz CT molecular complexity index is 196. The molecule has 0 rings (SSSR count). The molecule has 0 heterocycles. The molecule has 0 spiro atoms. The zero-order valence-electron chi connectivity index (χ0n) is 9.06. The van der Waals surface area contributed by atoms with Gasteiger partial charge in [-0.25, -0.2) is 0 Å². The number of hydrogen-bond donors (Lipinski definition) is 6. The first-order valence-corrected chi connectivity index (χ1v) is 4.76. The van der Waals surface area contributed by atoms with Crippen LogP contribution in [0.5, 0.6) is 0 Å². The second-order valence-electron chi connectivity index (χ2n) is 2.87. The van der Waals surface area contributed by atoms with Gasteiger partial charge in [0.05, 0.1) is 6.42 Å². The highest BCUT2D eigenvalue weighted by Gasteiger charge is 2.14. The van der Waals surface area contributed by atoms with Gasteiger partial charge >= 0.3 is 11.9 Å². The summed E-state index contributed by atoms with van der Waals surface area (Å²) >= 11 is 0. The van der Waals surface area contributed by atoms with E-state index in [4.69, 9.17) is 27.4 Å². The lowest BCUT2D eigenvalue weighted by molar-refractivity contribution is -0.144. The maximum absolute atomic E-state index is 9.85. The summed E-state index contributed by atoms with van der Waals surface area (Å²) in [7, 11) is 0. The van der Waals surface area contributed by atoms with E-state index in [1.807, 2.05) is 0 Å². The summed E-state index contributed by atoms with van der Waals surface area (Å²) in [4.78, 5) is 19.6. The summed E-state index contributed by atoms with van der Waals surface area (Å²) in [6.45, 7) is 3.13. The van der Waals surface area contributed by atoms with Crippen LogP contribution in [0.25, 0.3) is 0 Å². The van der Waals surface area contributed by atoms with Crippen LogP contribution in [0, 0.1) is 0 Å². The van der Waals surface area contributed by atoms with Crippen LogP contribution in [0.3, 0.4) is 0 Å². The Hall–Kier alpha value is -1.22. The van der Waals surface area contributed by atoms with E-state index < -0.39 is 24.4 Å². The Morgan fingerprint density at radius 1 is 1.12 bits per heavy atom. The SMILES string of the molecule is NC(CC(=O)O)C(=O)O.NCCNCCN. The zero-order valence-corrected chi connectivity index (χ0v) is 9.06. The molecule has 8 nitrogen and oxygen atoms in total. The molecule has 8 heteroatoms. The molecule has 0 fully saturated rings. The Morgan fingerprint density at radius 3 is 1.75 bits per heavy atom. The second kappa shape index (κ2) is 11.9. The van der Waals surface area contributed by atoms with Crippen LogP contribution < -0.4 is 22.5 Å². The van der Waals surface area contributed by atoms with Gasteiger partial charge in [0.25, 0.3) is 0 Å². The van der Waals surface area contributed by atoms with Crippen LogP contribution in [0.4, 0.5) is 0 Å². The summed E-state index contributed by atoms with van der Waals surface area (Å²) in [5, 5.41) is 19.1. The van der Waals surface area contributed by atoms with Crippen molar-refractivity contribution in [1.82, 2.24) is 5.32 Å². The second-order valence-corrected chi connectivity index (χ2v) is 2.87. The average Bonchev–Trinajstić information content (AvgIpc) is 2.18. The average molecular weight is 236 g/mol. The number of aliphatic carboxylic acids is 2. The summed E-state index contributed by atoms with van der Waals surface area (Å²) in [6, 6.07) is -1.29. The van der Waals surface area contributed by atoms with Crippen molar-refractivity contribution in [3.8, 4) is 0 Å². The number of carbonyl (C=O) groups is 2. The molecule has 16 heavy (non-hydrogen) atoms. The van der Waals surface area contributed by atoms with Gasteiger partial charge in [0.15, 0.2) is 0 Å². The highest BCUT2D eigenvalue weighted by molar-refractivity contribution is 5.80. The van der Waals surface area contributed by atoms with Crippen LogP contribution in [-0.4, -0.2) is 54.4 Å². The summed E-state index contributed by atoms with van der Waals surface area (Å²) in [6.07, 6.45) is -0.532. The van der Waals surface area contributed by atoms with Gasteiger partial charge < -0.3 is 32.7 Å². The van der Waals surface area contributed by atoms with E-state index in [1.165, 1.54) is 0 Å². The van der Waals surface area contributed by atoms with Gasteiger partial charge in [-0.3, -0.25) is 9.59 Å². The molecule has 0 radical (unpaired) electrons. The molecule has 0 bridgehead atoms. The van der Waals surface area contributed by atoms with Gasteiger partial charge in [-0.15, -0.1) is 0 Å². The van der Waals surface area contributed by atoms with Crippen LogP contribution >= 0.6 is 0 Å². The summed E-state index contributed by atoms with van der Waals surface area (Å²) in [5.41, 5.74) is 15.2. The van der Waals surface area contributed by atoms with Crippen molar-refractivity contribution in [2.45, 2.75) is 12.5 Å². The van der Waals surface area contributed by atoms with E-state index in [1.54, 1.807) is 0 Å². The van der Waals surface area contributed by atoms with Gasteiger partial charge in [0.1, 0.15) is 6.04 Å². The number of hydrogen-bond acceptors (Lipinski definition) is 6. The largest absolute Gasteiger partial charge is 0.481 e. The fourth-order valence-electron chi connectivity index (χ4n) is 0.605. The van der Waals surface area contributed by atoms with Gasteiger partial charge in [0, 0.05) is 26.2 Å². The molecule has 0 aromatic heterocycles. The molecule has 1 atom stereocenters. The van der Waals surface area contributed by atoms with E-state index in [-0.39, 0.29) is 0 Å². The maximum atomic E-state index is 9.85. The Labute approximate surface area is 93.8 Å². The molecule has 0 aliphatic heterocycles. The topological polar surface area (TPSA) is 165 Å². The lowest BCUT2D eigenvalue weighted by Gasteiger charge is -1.99. The molecule has 0 aliphatic carbocycles. The molecule has 9 N–H and O–H groups in total. The molecule has 0 saturated heterocycles. The number of nitrogens with two attached hydrogens (primary N) is 3. The van der Waals surface area contributed by atoms with Crippen LogP contribution in [0.1, 0.15) is 6.42 Å². The summed E-state index contributed by atoms with van der Waals surface area (Å²) in [5.74, 6) is -2.50. The van der Waals surface area contributed by atoms with Gasteiger partial charge in [-0.1, -0.05) is 0 Å². The number of nitrogens with one attached hydrogen (secondary N) is 1. The first kappa shape index (κ1) is 17.2. The van der Waals surface area contributed by atoms with Gasteiger partial charge in [-0.2, -0.15) is 0 Å². The van der Waals surface area contributed by atoms with Crippen molar-refractivity contribution in [3.63, 3.8) is 0 Å².